The van der Waals surface area contributed by atoms with Crippen molar-refractivity contribution in [3.05, 3.63) is 47.8 Å². The summed E-state index contributed by atoms with van der Waals surface area (Å²) in [4.78, 5) is 3.82. The molecule has 1 aliphatic heterocycles. The Morgan fingerprint density at radius 2 is 1.87 bits per heavy atom. The number of rotatable bonds is 1. The van der Waals surface area contributed by atoms with Gasteiger partial charge in [-0.25, -0.2) is 17.5 Å². The molecule has 0 amide bonds. The zero-order valence-electron chi connectivity index (χ0n) is 12.0. The summed E-state index contributed by atoms with van der Waals surface area (Å²) in [6.07, 6.45) is 0. The molecule has 1 heterocycles. The average molecular weight is 330 g/mol. The van der Waals surface area contributed by atoms with Crippen LogP contribution in [-0.2, 0) is 10.0 Å². The number of nitriles is 1. The van der Waals surface area contributed by atoms with E-state index >= 15 is 0 Å². The molecule has 0 unspecified atom stereocenters. The van der Waals surface area contributed by atoms with Crippen molar-refractivity contribution >= 4 is 21.7 Å². The molecule has 0 saturated carbocycles. The van der Waals surface area contributed by atoms with Gasteiger partial charge in [0.25, 0.3) is 10.0 Å². The van der Waals surface area contributed by atoms with Crippen LogP contribution in [0.3, 0.4) is 0 Å². The predicted octanol–water partition coefficient (Wildman–Crippen LogP) is 2.05. The van der Waals surface area contributed by atoms with Gasteiger partial charge < -0.3 is 5.32 Å². The Morgan fingerprint density at radius 3 is 2.57 bits per heavy atom. The maximum atomic E-state index is 13.9. The fraction of sp³-hybridized carbons (Fsp3) is 0.0667. The molecule has 6 nitrogen and oxygen atoms in total. The standard InChI is InChI=1S/C15H11FN4O2S/c1-18-15-19-14-10(5-3-7-13(14)23(21,22)20-15)9-4-2-6-12(16)11(9)8-17/h2-7H,1H3,(H2,18,19,20). The van der Waals surface area contributed by atoms with Gasteiger partial charge in [-0.3, -0.25) is 4.99 Å². The number of sulfonamides is 1. The van der Waals surface area contributed by atoms with Gasteiger partial charge in [-0.1, -0.05) is 24.3 Å². The topological polar surface area (TPSA) is 94.3 Å². The Bertz CT molecular complexity index is 977. The lowest BCUT2D eigenvalue weighted by Crippen LogP contribution is -2.40. The second-order valence-corrected chi connectivity index (χ2v) is 6.41. The molecular formula is C15H11FN4O2S. The summed E-state index contributed by atoms with van der Waals surface area (Å²) in [6.45, 7) is 0. The van der Waals surface area contributed by atoms with E-state index in [0.717, 1.165) is 0 Å². The molecule has 8 heteroatoms. The fourth-order valence-electron chi connectivity index (χ4n) is 2.40. The van der Waals surface area contributed by atoms with E-state index in [2.05, 4.69) is 15.0 Å². The number of hydrogen-bond donors (Lipinski definition) is 2. The number of nitrogens with zero attached hydrogens (tertiary/aromatic N) is 2. The molecule has 0 bridgehead atoms. The first-order valence-electron chi connectivity index (χ1n) is 6.56. The van der Waals surface area contributed by atoms with E-state index in [1.54, 1.807) is 12.1 Å². The summed E-state index contributed by atoms with van der Waals surface area (Å²) in [5.74, 6) is -0.608. The molecule has 0 atom stereocenters. The number of anilines is 1. The molecule has 0 spiro atoms. The van der Waals surface area contributed by atoms with Crippen LogP contribution in [0.2, 0.25) is 0 Å². The van der Waals surface area contributed by atoms with Crippen LogP contribution in [0.1, 0.15) is 5.56 Å². The van der Waals surface area contributed by atoms with E-state index in [1.807, 2.05) is 6.07 Å². The van der Waals surface area contributed by atoms with Gasteiger partial charge in [0.15, 0.2) is 0 Å². The third-order valence-corrected chi connectivity index (χ3v) is 4.81. The fourth-order valence-corrected chi connectivity index (χ4v) is 3.59. The zero-order chi connectivity index (χ0) is 16.6. The molecular weight excluding hydrogens is 319 g/mol. The lowest BCUT2D eigenvalue weighted by atomic mass is 9.98. The molecule has 2 aromatic carbocycles. The summed E-state index contributed by atoms with van der Waals surface area (Å²) in [6, 6.07) is 10.6. The van der Waals surface area contributed by atoms with Crippen molar-refractivity contribution in [2.24, 2.45) is 4.99 Å². The molecule has 0 saturated heterocycles. The van der Waals surface area contributed by atoms with Crippen LogP contribution in [-0.4, -0.2) is 21.4 Å². The molecule has 23 heavy (non-hydrogen) atoms. The SMILES string of the molecule is CN=C1Nc2c(-c3cccc(F)c3C#N)cccc2S(=O)(=O)N1. The van der Waals surface area contributed by atoms with Crippen molar-refractivity contribution < 1.29 is 12.8 Å². The lowest BCUT2D eigenvalue weighted by Gasteiger charge is -2.24. The van der Waals surface area contributed by atoms with Crippen LogP contribution in [0.15, 0.2) is 46.3 Å². The van der Waals surface area contributed by atoms with Crippen molar-refractivity contribution in [2.75, 3.05) is 12.4 Å². The second-order valence-electron chi connectivity index (χ2n) is 4.76. The van der Waals surface area contributed by atoms with Gasteiger partial charge in [-0.05, 0) is 12.1 Å². The van der Waals surface area contributed by atoms with Gasteiger partial charge >= 0.3 is 0 Å². The van der Waals surface area contributed by atoms with Gasteiger partial charge in [-0.15, -0.1) is 0 Å². The van der Waals surface area contributed by atoms with E-state index in [-0.39, 0.29) is 22.1 Å². The first-order chi connectivity index (χ1) is 11.0. The minimum atomic E-state index is -3.78. The highest BCUT2D eigenvalue weighted by molar-refractivity contribution is 7.90. The van der Waals surface area contributed by atoms with Gasteiger partial charge in [0, 0.05) is 18.2 Å². The maximum Gasteiger partial charge on any atom is 0.266 e. The lowest BCUT2D eigenvalue weighted by molar-refractivity contribution is 0.592. The molecule has 3 rings (SSSR count). The quantitative estimate of drug-likeness (QED) is 0.837. The second kappa shape index (κ2) is 5.37. The predicted molar refractivity (Wildman–Crippen MR) is 83.9 cm³/mol. The number of benzene rings is 2. The van der Waals surface area contributed by atoms with Crippen molar-refractivity contribution in [2.45, 2.75) is 4.90 Å². The van der Waals surface area contributed by atoms with Crippen LogP contribution in [0.5, 0.6) is 0 Å². The summed E-state index contributed by atoms with van der Waals surface area (Å²) in [5.41, 5.74) is 0.830. The van der Waals surface area contributed by atoms with Crippen molar-refractivity contribution in [1.82, 2.24) is 4.72 Å². The average Bonchev–Trinajstić information content (AvgIpc) is 2.53. The number of fused-ring (bicyclic) bond motifs is 1. The third kappa shape index (κ3) is 2.41. The molecule has 1 aliphatic rings. The number of nitrogens with one attached hydrogen (secondary N) is 2. The largest absolute Gasteiger partial charge is 0.324 e. The molecule has 0 aromatic heterocycles. The Kier molecular flexibility index (Phi) is 3.50. The molecule has 116 valence electrons. The normalized spacial score (nSPS) is 16.8. The zero-order valence-corrected chi connectivity index (χ0v) is 12.8. The van der Waals surface area contributed by atoms with Gasteiger partial charge in [0.05, 0.1) is 11.3 Å². The van der Waals surface area contributed by atoms with Crippen molar-refractivity contribution in [1.29, 1.82) is 5.26 Å². The minimum absolute atomic E-state index is 0.00977. The Hall–Kier alpha value is -2.92. The summed E-state index contributed by atoms with van der Waals surface area (Å²) < 4.78 is 40.7. The Morgan fingerprint density at radius 1 is 1.17 bits per heavy atom. The highest BCUT2D eigenvalue weighted by atomic mass is 32.2. The smallest absolute Gasteiger partial charge is 0.266 e. The van der Waals surface area contributed by atoms with Crippen LogP contribution in [0.4, 0.5) is 10.1 Å². The van der Waals surface area contributed by atoms with Crippen LogP contribution in [0.25, 0.3) is 11.1 Å². The van der Waals surface area contributed by atoms with E-state index in [1.165, 1.54) is 31.3 Å². The molecule has 0 aliphatic carbocycles. The van der Waals surface area contributed by atoms with E-state index in [9.17, 15) is 18.1 Å². The van der Waals surface area contributed by atoms with Crippen molar-refractivity contribution in [3.8, 4) is 17.2 Å². The van der Waals surface area contributed by atoms with Gasteiger partial charge in [-0.2, -0.15) is 5.26 Å². The number of para-hydroxylation sites is 1. The van der Waals surface area contributed by atoms with Gasteiger partial charge in [0.1, 0.15) is 16.8 Å². The number of hydrogen-bond acceptors (Lipinski definition) is 4. The van der Waals surface area contributed by atoms with E-state index in [0.29, 0.717) is 11.1 Å². The molecule has 0 fully saturated rings. The van der Waals surface area contributed by atoms with Crippen LogP contribution >= 0.6 is 0 Å². The number of aliphatic imine (C=N–C) groups is 1. The summed E-state index contributed by atoms with van der Waals surface area (Å²) in [5, 5.41) is 12.1. The molecule has 0 radical (unpaired) electrons. The van der Waals surface area contributed by atoms with Gasteiger partial charge in [0.2, 0.25) is 5.96 Å². The summed E-state index contributed by atoms with van der Waals surface area (Å²) in [7, 11) is -2.35. The number of guanidine groups is 1. The summed E-state index contributed by atoms with van der Waals surface area (Å²) >= 11 is 0. The molecule has 2 N–H and O–H groups in total. The first-order valence-corrected chi connectivity index (χ1v) is 8.05. The van der Waals surface area contributed by atoms with E-state index < -0.39 is 15.8 Å². The first kappa shape index (κ1) is 15.0. The highest BCUT2D eigenvalue weighted by Crippen LogP contribution is 2.37. The Labute approximate surface area is 132 Å². The third-order valence-electron chi connectivity index (χ3n) is 3.43. The maximum absolute atomic E-state index is 13.9. The van der Waals surface area contributed by atoms with E-state index in [4.69, 9.17) is 0 Å². The van der Waals surface area contributed by atoms with Crippen LogP contribution in [0, 0.1) is 17.1 Å². The van der Waals surface area contributed by atoms with Crippen molar-refractivity contribution in [3.63, 3.8) is 0 Å². The van der Waals surface area contributed by atoms with Crippen LogP contribution < -0.4 is 10.0 Å². The minimum Gasteiger partial charge on any atom is -0.324 e. The monoisotopic (exact) mass is 330 g/mol. The number of halogens is 1. The highest BCUT2D eigenvalue weighted by Gasteiger charge is 2.29. The Balaban J connectivity index is 2.34. The molecule has 2 aromatic rings.